The van der Waals surface area contributed by atoms with E-state index >= 15 is 0 Å². The summed E-state index contributed by atoms with van der Waals surface area (Å²) in [6, 6.07) is 10.7. The SMILES string of the molecule is COc1cc(C2C3=C(CC(C)(C)CC3=O)N=c3sc(=Cc4cccc(Br)c4)c(=O)n32)cc(OC)c1OC. The number of allylic oxidation sites excluding steroid dienone is 2. The summed E-state index contributed by atoms with van der Waals surface area (Å²) in [5.74, 6) is 1.35. The highest BCUT2D eigenvalue weighted by Crippen LogP contribution is 2.46. The van der Waals surface area contributed by atoms with Crippen molar-refractivity contribution in [2.24, 2.45) is 10.4 Å². The smallest absolute Gasteiger partial charge is 0.271 e. The second-order valence-corrected chi connectivity index (χ2v) is 11.8. The molecule has 0 bridgehead atoms. The highest BCUT2D eigenvalue weighted by Gasteiger charge is 2.41. The first-order valence-electron chi connectivity index (χ1n) is 11.8. The largest absolute Gasteiger partial charge is 0.493 e. The van der Waals surface area contributed by atoms with Crippen molar-refractivity contribution in [1.29, 1.82) is 0 Å². The second-order valence-electron chi connectivity index (χ2n) is 9.90. The van der Waals surface area contributed by atoms with Crippen molar-refractivity contribution in [2.45, 2.75) is 32.7 Å². The highest BCUT2D eigenvalue weighted by atomic mass is 79.9. The Morgan fingerprint density at radius 2 is 1.76 bits per heavy atom. The van der Waals surface area contributed by atoms with E-state index in [1.807, 2.05) is 30.3 Å². The van der Waals surface area contributed by atoms with Crippen LogP contribution in [0.25, 0.3) is 6.08 Å². The van der Waals surface area contributed by atoms with Gasteiger partial charge in [-0.15, -0.1) is 0 Å². The molecule has 2 aromatic carbocycles. The highest BCUT2D eigenvalue weighted by molar-refractivity contribution is 9.10. The number of methoxy groups -OCH3 is 3. The van der Waals surface area contributed by atoms with Crippen LogP contribution in [0.4, 0.5) is 0 Å². The number of aromatic nitrogens is 1. The third kappa shape index (κ3) is 4.55. The minimum absolute atomic E-state index is 0.00461. The first kappa shape index (κ1) is 25.5. The summed E-state index contributed by atoms with van der Waals surface area (Å²) >= 11 is 4.82. The summed E-state index contributed by atoms with van der Waals surface area (Å²) in [6.45, 7) is 4.14. The summed E-state index contributed by atoms with van der Waals surface area (Å²) in [7, 11) is 4.63. The zero-order valence-electron chi connectivity index (χ0n) is 21.3. The van der Waals surface area contributed by atoms with Crippen molar-refractivity contribution in [1.82, 2.24) is 4.57 Å². The first-order valence-corrected chi connectivity index (χ1v) is 13.4. The maximum Gasteiger partial charge on any atom is 0.271 e. The Morgan fingerprint density at radius 1 is 1.05 bits per heavy atom. The van der Waals surface area contributed by atoms with Gasteiger partial charge >= 0.3 is 0 Å². The summed E-state index contributed by atoms with van der Waals surface area (Å²) < 4.78 is 19.8. The molecule has 1 aromatic heterocycles. The maximum absolute atomic E-state index is 13.9. The molecule has 1 atom stereocenters. The van der Waals surface area contributed by atoms with Crippen LogP contribution < -0.4 is 29.1 Å². The molecule has 1 aliphatic heterocycles. The van der Waals surface area contributed by atoms with Gasteiger partial charge in [0.15, 0.2) is 22.1 Å². The Labute approximate surface area is 226 Å². The van der Waals surface area contributed by atoms with Crippen molar-refractivity contribution >= 4 is 39.1 Å². The number of carbonyl (C=O) groups excluding carboxylic acids is 1. The van der Waals surface area contributed by atoms with Gasteiger partial charge in [0, 0.05) is 16.5 Å². The van der Waals surface area contributed by atoms with Gasteiger partial charge in [-0.25, -0.2) is 4.99 Å². The number of ether oxygens (including phenoxy) is 3. The molecular weight excluding hydrogens is 556 g/mol. The van der Waals surface area contributed by atoms with Crippen molar-refractivity contribution in [3.63, 3.8) is 0 Å². The molecule has 0 radical (unpaired) electrons. The number of Topliss-reactive ketones (excluding diaryl/α,β-unsaturated/α-hetero) is 1. The third-order valence-corrected chi connectivity index (χ3v) is 8.12. The minimum Gasteiger partial charge on any atom is -0.493 e. The molecule has 7 nitrogen and oxygen atoms in total. The fourth-order valence-corrected chi connectivity index (χ4v) is 6.51. The topological polar surface area (TPSA) is 79.1 Å². The van der Waals surface area contributed by atoms with Gasteiger partial charge in [-0.3, -0.25) is 14.2 Å². The van der Waals surface area contributed by atoms with E-state index < -0.39 is 6.04 Å². The number of hydrogen-bond donors (Lipinski definition) is 0. The lowest BCUT2D eigenvalue weighted by Gasteiger charge is -2.35. The summed E-state index contributed by atoms with van der Waals surface area (Å²) in [6.07, 6.45) is 2.88. The van der Waals surface area contributed by atoms with Crippen molar-refractivity contribution < 1.29 is 19.0 Å². The molecule has 0 amide bonds. The zero-order valence-corrected chi connectivity index (χ0v) is 23.7. The van der Waals surface area contributed by atoms with Gasteiger partial charge in [0.05, 0.1) is 37.6 Å². The Kier molecular flexibility index (Phi) is 6.62. The van der Waals surface area contributed by atoms with Crippen LogP contribution in [0.5, 0.6) is 17.2 Å². The van der Waals surface area contributed by atoms with Gasteiger partial charge in [0.1, 0.15) is 0 Å². The number of thiazole rings is 1. The van der Waals surface area contributed by atoms with Crippen LogP contribution in [0, 0.1) is 5.41 Å². The van der Waals surface area contributed by atoms with Crippen LogP contribution >= 0.6 is 27.3 Å². The predicted molar refractivity (Wildman–Crippen MR) is 146 cm³/mol. The number of rotatable bonds is 5. The van der Waals surface area contributed by atoms with E-state index in [4.69, 9.17) is 19.2 Å². The summed E-state index contributed by atoms with van der Waals surface area (Å²) in [5, 5.41) is 0. The monoisotopic (exact) mass is 582 g/mol. The number of hydrogen-bond acceptors (Lipinski definition) is 7. The molecule has 2 aliphatic rings. The molecule has 1 aliphatic carbocycles. The molecule has 192 valence electrons. The molecule has 0 N–H and O–H groups in total. The lowest BCUT2D eigenvalue weighted by molar-refractivity contribution is -0.118. The predicted octanol–water partition coefficient (Wildman–Crippen LogP) is 4.39. The number of ketones is 1. The van der Waals surface area contributed by atoms with Crippen LogP contribution in [-0.2, 0) is 4.79 Å². The number of halogens is 1. The molecule has 9 heteroatoms. The maximum atomic E-state index is 13.9. The molecule has 0 fully saturated rings. The Bertz CT molecular complexity index is 1610. The van der Waals surface area contributed by atoms with Gasteiger partial charge in [-0.05, 0) is 53.3 Å². The number of carbonyl (C=O) groups is 1. The minimum atomic E-state index is -0.659. The average molecular weight is 584 g/mol. The molecule has 2 heterocycles. The molecule has 37 heavy (non-hydrogen) atoms. The fraction of sp³-hybridized carbons (Fsp3) is 0.321. The Balaban J connectivity index is 1.81. The molecule has 1 unspecified atom stereocenters. The van der Waals surface area contributed by atoms with Gasteiger partial charge in [-0.1, -0.05) is 53.2 Å². The molecule has 0 spiro atoms. The second kappa shape index (κ2) is 9.61. The molecular formula is C28H27BrN2O5S. The van der Waals surface area contributed by atoms with Crippen molar-refractivity contribution in [3.8, 4) is 17.2 Å². The fourth-order valence-electron chi connectivity index (χ4n) is 5.07. The zero-order chi connectivity index (χ0) is 26.5. The van der Waals surface area contributed by atoms with Gasteiger partial charge in [0.2, 0.25) is 5.75 Å². The summed E-state index contributed by atoms with van der Waals surface area (Å²) in [4.78, 5) is 32.9. The van der Waals surface area contributed by atoms with Crippen LogP contribution in [-0.4, -0.2) is 31.7 Å². The number of nitrogens with zero attached hydrogens (tertiary/aromatic N) is 2. The third-order valence-electron chi connectivity index (χ3n) is 6.64. The van der Waals surface area contributed by atoms with E-state index in [9.17, 15) is 9.59 Å². The number of benzene rings is 2. The van der Waals surface area contributed by atoms with E-state index in [-0.39, 0.29) is 16.8 Å². The van der Waals surface area contributed by atoms with E-state index in [0.29, 0.717) is 50.6 Å². The van der Waals surface area contributed by atoms with E-state index in [1.54, 1.807) is 38.0 Å². The van der Waals surface area contributed by atoms with Crippen LogP contribution in [0.2, 0.25) is 0 Å². The van der Waals surface area contributed by atoms with Gasteiger partial charge < -0.3 is 14.2 Å². The van der Waals surface area contributed by atoms with Gasteiger partial charge in [0.25, 0.3) is 5.56 Å². The van der Waals surface area contributed by atoms with Crippen LogP contribution in [0.1, 0.15) is 43.9 Å². The summed E-state index contributed by atoms with van der Waals surface area (Å²) in [5.41, 5.74) is 2.45. The van der Waals surface area contributed by atoms with E-state index in [2.05, 4.69) is 29.8 Å². The average Bonchev–Trinajstić information content (AvgIpc) is 3.15. The number of fused-ring (bicyclic) bond motifs is 1. The first-order chi connectivity index (χ1) is 17.7. The Morgan fingerprint density at radius 3 is 2.38 bits per heavy atom. The molecule has 5 rings (SSSR count). The quantitative estimate of drug-likeness (QED) is 0.445. The van der Waals surface area contributed by atoms with Gasteiger partial charge in [-0.2, -0.15) is 0 Å². The molecule has 3 aromatic rings. The standard InChI is InChI=1S/C28H27BrN2O5S/c1-28(2)13-18-23(19(32)14-28)24(16-11-20(34-3)25(36-5)21(12-16)35-4)31-26(33)22(37-27(31)30-18)10-15-7-6-8-17(29)9-15/h6-12,24H,13-14H2,1-5H3. The normalized spacial score (nSPS) is 18.7. The van der Waals surface area contributed by atoms with Crippen molar-refractivity contribution in [2.75, 3.05) is 21.3 Å². The van der Waals surface area contributed by atoms with E-state index in [1.165, 1.54) is 11.3 Å². The van der Waals surface area contributed by atoms with Crippen LogP contribution in [0.3, 0.4) is 0 Å². The lowest BCUT2D eigenvalue weighted by atomic mass is 9.73. The molecule has 0 saturated heterocycles. The lowest BCUT2D eigenvalue weighted by Crippen LogP contribution is -2.42. The Hall–Kier alpha value is -3.17. The van der Waals surface area contributed by atoms with Crippen molar-refractivity contribution in [3.05, 3.63) is 83.0 Å². The van der Waals surface area contributed by atoms with E-state index in [0.717, 1.165) is 15.7 Å². The van der Waals surface area contributed by atoms with Crippen LogP contribution in [0.15, 0.2) is 61.9 Å². The molecule has 0 saturated carbocycles.